The van der Waals surface area contributed by atoms with Crippen molar-refractivity contribution in [3.63, 3.8) is 0 Å². The van der Waals surface area contributed by atoms with Gasteiger partial charge in [0.05, 0.1) is 26.9 Å². The van der Waals surface area contributed by atoms with E-state index in [-0.39, 0.29) is 18.4 Å². The minimum absolute atomic E-state index is 0.0569. The molecule has 0 aliphatic carbocycles. The van der Waals surface area contributed by atoms with E-state index in [4.69, 9.17) is 18.9 Å². The summed E-state index contributed by atoms with van der Waals surface area (Å²) in [7, 11) is 3.23. The molecule has 1 aromatic carbocycles. The van der Waals surface area contributed by atoms with Gasteiger partial charge in [0.15, 0.2) is 11.5 Å². The van der Waals surface area contributed by atoms with Crippen LogP contribution in [0.1, 0.15) is 5.56 Å². The predicted octanol–water partition coefficient (Wildman–Crippen LogP) is 1.03. The second kappa shape index (κ2) is 8.60. The molecule has 1 heterocycles. The van der Waals surface area contributed by atoms with Crippen molar-refractivity contribution in [3.05, 3.63) is 23.8 Å². The van der Waals surface area contributed by atoms with E-state index in [2.05, 4.69) is 5.32 Å². The molecule has 0 radical (unpaired) electrons. The van der Waals surface area contributed by atoms with E-state index in [0.717, 1.165) is 23.5 Å². The van der Waals surface area contributed by atoms with Crippen LogP contribution in [0.2, 0.25) is 0 Å². The molecule has 0 saturated carbocycles. The number of carbonyl (C=O) groups excluding carboxylic acids is 1. The third-order valence-electron chi connectivity index (χ3n) is 3.51. The van der Waals surface area contributed by atoms with Crippen LogP contribution in [0.3, 0.4) is 0 Å². The van der Waals surface area contributed by atoms with Crippen LogP contribution in [-0.4, -0.2) is 53.1 Å². The summed E-state index contributed by atoms with van der Waals surface area (Å²) in [6.45, 7) is 2.11. The summed E-state index contributed by atoms with van der Waals surface area (Å²) in [5.74, 6) is 1.71. The molecule has 0 saturated heterocycles. The van der Waals surface area contributed by atoms with Gasteiger partial charge in [0.2, 0.25) is 5.91 Å². The molecule has 1 atom stereocenters. The fourth-order valence-electron chi connectivity index (χ4n) is 2.37. The SMILES string of the molecule is COCCOCC(=O)NC[C@H]1COc2c(cccc2OC)C1. The Labute approximate surface area is 130 Å². The van der Waals surface area contributed by atoms with Crippen molar-refractivity contribution in [1.82, 2.24) is 5.32 Å². The summed E-state index contributed by atoms with van der Waals surface area (Å²) in [4.78, 5) is 11.7. The van der Waals surface area contributed by atoms with E-state index in [0.29, 0.717) is 26.4 Å². The topological polar surface area (TPSA) is 66.0 Å². The fourth-order valence-corrected chi connectivity index (χ4v) is 2.37. The van der Waals surface area contributed by atoms with Gasteiger partial charge in [-0.2, -0.15) is 0 Å². The highest BCUT2D eigenvalue weighted by atomic mass is 16.5. The summed E-state index contributed by atoms with van der Waals surface area (Å²) in [5.41, 5.74) is 1.11. The maximum absolute atomic E-state index is 11.7. The number of rotatable bonds is 8. The molecule has 0 unspecified atom stereocenters. The Hall–Kier alpha value is -1.79. The third kappa shape index (κ3) is 4.61. The molecule has 122 valence electrons. The Morgan fingerprint density at radius 3 is 3.00 bits per heavy atom. The highest BCUT2D eigenvalue weighted by Gasteiger charge is 2.22. The van der Waals surface area contributed by atoms with Crippen LogP contribution in [0.5, 0.6) is 11.5 Å². The molecule has 1 aromatic rings. The number of para-hydroxylation sites is 1. The summed E-state index contributed by atoms with van der Waals surface area (Å²) >= 11 is 0. The van der Waals surface area contributed by atoms with Crippen LogP contribution in [0.4, 0.5) is 0 Å². The first-order chi connectivity index (χ1) is 10.7. The summed E-state index contributed by atoms with van der Waals surface area (Å²) in [6.07, 6.45) is 0.858. The normalized spacial score (nSPS) is 16.5. The fraction of sp³-hybridized carbons (Fsp3) is 0.562. The zero-order valence-corrected chi connectivity index (χ0v) is 13.1. The van der Waals surface area contributed by atoms with Crippen LogP contribution < -0.4 is 14.8 Å². The van der Waals surface area contributed by atoms with Crippen molar-refractivity contribution in [3.8, 4) is 11.5 Å². The molecule has 1 aliphatic heterocycles. The third-order valence-corrected chi connectivity index (χ3v) is 3.51. The highest BCUT2D eigenvalue weighted by molar-refractivity contribution is 5.77. The van der Waals surface area contributed by atoms with Crippen molar-refractivity contribution in [2.24, 2.45) is 5.92 Å². The van der Waals surface area contributed by atoms with Gasteiger partial charge in [-0.25, -0.2) is 0 Å². The Balaban J connectivity index is 1.75. The number of amides is 1. The molecule has 1 N–H and O–H groups in total. The largest absolute Gasteiger partial charge is 0.493 e. The maximum atomic E-state index is 11.7. The molecule has 22 heavy (non-hydrogen) atoms. The van der Waals surface area contributed by atoms with Crippen molar-refractivity contribution >= 4 is 5.91 Å². The molecule has 2 rings (SSSR count). The van der Waals surface area contributed by atoms with E-state index in [1.807, 2.05) is 18.2 Å². The summed E-state index contributed by atoms with van der Waals surface area (Å²) in [5, 5.41) is 2.87. The zero-order valence-electron chi connectivity index (χ0n) is 13.1. The average Bonchev–Trinajstić information content (AvgIpc) is 2.56. The van der Waals surface area contributed by atoms with Crippen molar-refractivity contribution in [2.45, 2.75) is 6.42 Å². The number of ether oxygens (including phenoxy) is 4. The van der Waals surface area contributed by atoms with Gasteiger partial charge >= 0.3 is 0 Å². The van der Waals surface area contributed by atoms with Crippen molar-refractivity contribution in [1.29, 1.82) is 0 Å². The first-order valence-corrected chi connectivity index (χ1v) is 7.36. The molecule has 0 fully saturated rings. The minimum atomic E-state index is -0.118. The number of nitrogens with one attached hydrogen (secondary N) is 1. The number of hydrogen-bond acceptors (Lipinski definition) is 5. The molecule has 6 nitrogen and oxygen atoms in total. The van der Waals surface area contributed by atoms with Gasteiger partial charge < -0.3 is 24.3 Å². The number of benzene rings is 1. The van der Waals surface area contributed by atoms with Crippen LogP contribution in [0, 0.1) is 5.92 Å². The lowest BCUT2D eigenvalue weighted by Gasteiger charge is -2.26. The van der Waals surface area contributed by atoms with E-state index in [1.165, 1.54) is 0 Å². The molecular formula is C16H23NO5. The lowest BCUT2D eigenvalue weighted by Crippen LogP contribution is -2.36. The van der Waals surface area contributed by atoms with E-state index < -0.39 is 0 Å². The van der Waals surface area contributed by atoms with Gasteiger partial charge in [-0.3, -0.25) is 4.79 Å². The van der Waals surface area contributed by atoms with Crippen molar-refractivity contribution < 1.29 is 23.7 Å². The van der Waals surface area contributed by atoms with Gasteiger partial charge in [0, 0.05) is 19.6 Å². The molecule has 1 amide bonds. The Kier molecular flexibility index (Phi) is 6.48. The summed E-state index contributed by atoms with van der Waals surface area (Å²) < 4.78 is 21.1. The van der Waals surface area contributed by atoms with Crippen LogP contribution in [-0.2, 0) is 20.7 Å². The van der Waals surface area contributed by atoms with Gasteiger partial charge in [-0.05, 0) is 18.1 Å². The van der Waals surface area contributed by atoms with Crippen LogP contribution in [0.25, 0.3) is 0 Å². The number of hydrogen-bond donors (Lipinski definition) is 1. The Morgan fingerprint density at radius 1 is 1.36 bits per heavy atom. The monoisotopic (exact) mass is 309 g/mol. The molecule has 0 bridgehead atoms. The van der Waals surface area contributed by atoms with Gasteiger partial charge in [-0.1, -0.05) is 12.1 Å². The van der Waals surface area contributed by atoms with E-state index in [1.54, 1.807) is 14.2 Å². The minimum Gasteiger partial charge on any atom is -0.493 e. The van der Waals surface area contributed by atoms with E-state index >= 15 is 0 Å². The first kappa shape index (κ1) is 16.6. The van der Waals surface area contributed by atoms with Gasteiger partial charge in [-0.15, -0.1) is 0 Å². The highest BCUT2D eigenvalue weighted by Crippen LogP contribution is 2.35. The average molecular weight is 309 g/mol. The van der Waals surface area contributed by atoms with Gasteiger partial charge in [0.1, 0.15) is 6.61 Å². The maximum Gasteiger partial charge on any atom is 0.246 e. The molecule has 0 aromatic heterocycles. The molecule has 0 spiro atoms. The van der Waals surface area contributed by atoms with Crippen LogP contribution in [0.15, 0.2) is 18.2 Å². The van der Waals surface area contributed by atoms with Crippen LogP contribution >= 0.6 is 0 Å². The lowest BCUT2D eigenvalue weighted by molar-refractivity contribution is -0.126. The predicted molar refractivity (Wildman–Crippen MR) is 81.4 cm³/mol. The zero-order chi connectivity index (χ0) is 15.8. The molecule has 1 aliphatic rings. The molecule has 6 heteroatoms. The number of fused-ring (bicyclic) bond motifs is 1. The van der Waals surface area contributed by atoms with Gasteiger partial charge in [0.25, 0.3) is 0 Å². The van der Waals surface area contributed by atoms with Crippen molar-refractivity contribution in [2.75, 3.05) is 47.2 Å². The number of methoxy groups -OCH3 is 2. The first-order valence-electron chi connectivity index (χ1n) is 7.36. The lowest BCUT2D eigenvalue weighted by atomic mass is 9.96. The Bertz CT molecular complexity index is 491. The quantitative estimate of drug-likeness (QED) is 0.727. The summed E-state index contributed by atoms with van der Waals surface area (Å²) in [6, 6.07) is 5.86. The molecular weight excluding hydrogens is 286 g/mol. The standard InChI is InChI=1S/C16H23NO5/c1-19-6-7-21-11-15(18)17-9-12-8-13-4-3-5-14(20-2)16(13)22-10-12/h3-5,12H,6-11H2,1-2H3,(H,17,18)/t12-/m0/s1. The smallest absolute Gasteiger partial charge is 0.246 e. The Morgan fingerprint density at radius 2 is 2.23 bits per heavy atom. The van der Waals surface area contributed by atoms with E-state index in [9.17, 15) is 4.79 Å². The second-order valence-electron chi connectivity index (χ2n) is 5.18. The number of carbonyl (C=O) groups is 1. The second-order valence-corrected chi connectivity index (χ2v) is 5.18.